The fraction of sp³-hybridized carbons (Fsp3) is 0.238. The van der Waals surface area contributed by atoms with Crippen LogP contribution in [0.25, 0.3) is 0 Å². The maximum atomic E-state index is 12.9. The maximum Gasteiger partial charge on any atom is 0.263 e. The van der Waals surface area contributed by atoms with Gasteiger partial charge in [0.05, 0.1) is 16.8 Å². The molecule has 11 nitrogen and oxygen atoms in total. The number of carbonyl (C=O) groups excluding carboxylic acids is 1. The zero-order valence-electron chi connectivity index (χ0n) is 18.7. The minimum absolute atomic E-state index is 0.0206. The van der Waals surface area contributed by atoms with Gasteiger partial charge in [-0.2, -0.15) is 0 Å². The van der Waals surface area contributed by atoms with Crippen LogP contribution in [-0.2, 0) is 24.8 Å². The first-order valence-corrected chi connectivity index (χ1v) is 14.5. The molecule has 2 aromatic carbocycles. The largest absolute Gasteiger partial charge is 0.486 e. The van der Waals surface area contributed by atoms with E-state index < -0.39 is 32.0 Å². The Morgan fingerprint density at radius 3 is 2.37 bits per heavy atom. The average molecular weight is 539 g/mol. The van der Waals surface area contributed by atoms with E-state index in [-0.39, 0.29) is 15.7 Å². The van der Waals surface area contributed by atoms with Gasteiger partial charge in [0, 0.05) is 23.3 Å². The number of ether oxygens (including phenoxy) is 2. The lowest BCUT2D eigenvalue weighted by Crippen LogP contribution is -2.45. The van der Waals surface area contributed by atoms with Gasteiger partial charge in [-0.1, -0.05) is 0 Å². The number of rotatable bonds is 8. The normalized spacial score (nSPS) is 14.1. The Labute approximate surface area is 206 Å². The van der Waals surface area contributed by atoms with Crippen molar-refractivity contribution in [2.75, 3.05) is 33.8 Å². The number of nitrogens with one attached hydrogen (secondary N) is 2. The van der Waals surface area contributed by atoms with Crippen molar-refractivity contribution in [3.8, 4) is 11.5 Å². The van der Waals surface area contributed by atoms with Gasteiger partial charge < -0.3 is 14.8 Å². The lowest BCUT2D eigenvalue weighted by molar-refractivity contribution is -0.116. The van der Waals surface area contributed by atoms with Crippen LogP contribution in [-0.4, -0.2) is 53.2 Å². The summed E-state index contributed by atoms with van der Waals surface area (Å²) >= 11 is 1.14. The molecule has 1 aliphatic heterocycles. The summed E-state index contributed by atoms with van der Waals surface area (Å²) in [7, 11) is -7.69. The predicted molar refractivity (Wildman–Crippen MR) is 132 cm³/mol. The molecule has 0 aliphatic carbocycles. The number of hydrogen-bond acceptors (Lipinski definition) is 9. The summed E-state index contributed by atoms with van der Waals surface area (Å²) in [5.74, 6) is 0.268. The van der Waals surface area contributed by atoms with Crippen LogP contribution in [0.2, 0.25) is 0 Å². The monoisotopic (exact) mass is 538 g/mol. The Morgan fingerprint density at radius 2 is 1.74 bits per heavy atom. The van der Waals surface area contributed by atoms with E-state index >= 15 is 0 Å². The molecule has 2 heterocycles. The van der Waals surface area contributed by atoms with E-state index in [9.17, 15) is 21.6 Å². The zero-order valence-corrected chi connectivity index (χ0v) is 21.1. The van der Waals surface area contributed by atoms with Gasteiger partial charge in [-0.15, -0.1) is 11.3 Å². The van der Waals surface area contributed by atoms with Crippen molar-refractivity contribution in [2.45, 2.75) is 17.9 Å². The number of sulfonamides is 2. The molecule has 1 amide bonds. The Balaban J connectivity index is 1.51. The zero-order chi connectivity index (χ0) is 25.2. The fourth-order valence-corrected chi connectivity index (χ4v) is 6.35. The number of nitrogens with zero attached hydrogens (tertiary/aromatic N) is 2. The number of anilines is 3. The molecule has 186 valence electrons. The van der Waals surface area contributed by atoms with Gasteiger partial charge in [-0.3, -0.25) is 13.8 Å². The van der Waals surface area contributed by atoms with Crippen molar-refractivity contribution in [3.63, 3.8) is 0 Å². The van der Waals surface area contributed by atoms with Gasteiger partial charge in [0.1, 0.15) is 19.3 Å². The van der Waals surface area contributed by atoms with Crippen LogP contribution in [0.1, 0.15) is 6.92 Å². The van der Waals surface area contributed by atoms with Gasteiger partial charge in [0.25, 0.3) is 10.0 Å². The van der Waals surface area contributed by atoms with Crippen molar-refractivity contribution in [3.05, 3.63) is 54.0 Å². The summed E-state index contributed by atoms with van der Waals surface area (Å²) in [6.07, 6.45) is 2.48. The Hall–Kier alpha value is -3.36. The van der Waals surface area contributed by atoms with Crippen molar-refractivity contribution >= 4 is 53.8 Å². The fourth-order valence-electron chi connectivity index (χ4n) is 3.39. The molecule has 2 N–H and O–H groups in total. The van der Waals surface area contributed by atoms with Crippen molar-refractivity contribution in [1.29, 1.82) is 0 Å². The van der Waals surface area contributed by atoms with Gasteiger partial charge in [0.15, 0.2) is 16.6 Å². The van der Waals surface area contributed by atoms with Crippen LogP contribution < -0.4 is 23.8 Å². The molecule has 3 aromatic rings. The minimum atomic E-state index is -3.85. The third-order valence-corrected chi connectivity index (χ3v) is 8.37. The van der Waals surface area contributed by atoms with E-state index in [0.717, 1.165) is 21.9 Å². The Morgan fingerprint density at radius 1 is 1.06 bits per heavy atom. The number of hydrogen-bond donors (Lipinski definition) is 2. The second kappa shape index (κ2) is 9.71. The van der Waals surface area contributed by atoms with Gasteiger partial charge >= 0.3 is 0 Å². The SMILES string of the molecule is C[C@H](C(=O)Nc1ccc(S(=O)(=O)Nc2nccs2)cc1)N(c1ccc2c(c1)OCCO2)S(C)(=O)=O. The quantitative estimate of drug-likeness (QED) is 0.445. The molecule has 0 radical (unpaired) electrons. The average Bonchev–Trinajstić information content (AvgIpc) is 3.31. The summed E-state index contributed by atoms with van der Waals surface area (Å²) in [5, 5.41) is 4.50. The Bertz CT molecular complexity index is 1420. The van der Waals surface area contributed by atoms with Gasteiger partial charge in [-0.05, 0) is 43.3 Å². The number of fused-ring (bicyclic) bond motifs is 1. The van der Waals surface area contributed by atoms with E-state index in [1.54, 1.807) is 11.4 Å². The van der Waals surface area contributed by atoms with Crippen LogP contribution in [0.15, 0.2) is 58.9 Å². The van der Waals surface area contributed by atoms with Gasteiger partial charge in [0.2, 0.25) is 15.9 Å². The predicted octanol–water partition coefficient (Wildman–Crippen LogP) is 2.51. The van der Waals surface area contributed by atoms with E-state index in [4.69, 9.17) is 9.47 Å². The minimum Gasteiger partial charge on any atom is -0.486 e. The number of benzene rings is 2. The summed E-state index contributed by atoms with van der Waals surface area (Å²) < 4.78 is 64.5. The molecular weight excluding hydrogens is 516 g/mol. The van der Waals surface area contributed by atoms with Crippen molar-refractivity contribution < 1.29 is 31.1 Å². The number of amides is 1. The van der Waals surface area contributed by atoms with Crippen LogP contribution in [0.3, 0.4) is 0 Å². The summed E-state index contributed by atoms with van der Waals surface area (Å²) in [6.45, 7) is 2.17. The topological polar surface area (TPSA) is 144 Å². The molecule has 14 heteroatoms. The number of aromatic nitrogens is 1. The number of thiazole rings is 1. The lowest BCUT2D eigenvalue weighted by Gasteiger charge is -2.29. The molecule has 1 atom stereocenters. The standard InChI is InChI=1S/C21H22N4O7S3/c1-14(25(34(2,27)28)16-5-8-18-19(13-16)32-11-10-31-18)20(26)23-15-3-6-17(7-4-15)35(29,30)24-21-22-9-12-33-21/h3-9,12-14H,10-11H2,1-2H3,(H,22,24)(H,23,26)/t14-/m1/s1. The van der Waals surface area contributed by atoms with Crippen LogP contribution in [0.5, 0.6) is 11.5 Å². The van der Waals surface area contributed by atoms with E-state index in [1.807, 2.05) is 0 Å². The molecular formula is C21H22N4O7S3. The molecule has 35 heavy (non-hydrogen) atoms. The number of carbonyl (C=O) groups is 1. The van der Waals surface area contributed by atoms with Gasteiger partial charge in [-0.25, -0.2) is 21.8 Å². The van der Waals surface area contributed by atoms with E-state index in [2.05, 4.69) is 15.0 Å². The molecule has 0 unspecified atom stereocenters. The highest BCUT2D eigenvalue weighted by molar-refractivity contribution is 7.93. The molecule has 1 aromatic heterocycles. The smallest absolute Gasteiger partial charge is 0.263 e. The first-order valence-electron chi connectivity index (χ1n) is 10.3. The van der Waals surface area contributed by atoms with Crippen molar-refractivity contribution in [2.24, 2.45) is 0 Å². The molecule has 0 fully saturated rings. The summed E-state index contributed by atoms with van der Waals surface area (Å²) in [5.41, 5.74) is 0.541. The highest BCUT2D eigenvalue weighted by Gasteiger charge is 2.30. The molecule has 0 bridgehead atoms. The molecule has 0 spiro atoms. The van der Waals surface area contributed by atoms with Crippen molar-refractivity contribution in [1.82, 2.24) is 4.98 Å². The molecule has 0 saturated heterocycles. The molecule has 1 aliphatic rings. The lowest BCUT2D eigenvalue weighted by atomic mass is 10.2. The maximum absolute atomic E-state index is 12.9. The molecule has 0 saturated carbocycles. The third kappa shape index (κ3) is 5.66. The second-order valence-corrected chi connectivity index (χ2v) is 12.0. The second-order valence-electron chi connectivity index (χ2n) is 7.52. The van der Waals surface area contributed by atoms with Crippen LogP contribution in [0.4, 0.5) is 16.5 Å². The summed E-state index contributed by atoms with van der Waals surface area (Å²) in [6, 6.07) is 8.98. The van der Waals surface area contributed by atoms with E-state index in [0.29, 0.717) is 30.4 Å². The highest BCUT2D eigenvalue weighted by Crippen LogP contribution is 2.35. The Kier molecular flexibility index (Phi) is 6.87. The van der Waals surface area contributed by atoms with Crippen LogP contribution >= 0.6 is 11.3 Å². The third-order valence-electron chi connectivity index (χ3n) is 4.95. The van der Waals surface area contributed by atoms with Crippen LogP contribution in [0, 0.1) is 0 Å². The highest BCUT2D eigenvalue weighted by atomic mass is 32.2. The summed E-state index contributed by atoms with van der Waals surface area (Å²) in [4.78, 5) is 16.8. The van der Waals surface area contributed by atoms with E-state index in [1.165, 1.54) is 49.5 Å². The first-order chi connectivity index (χ1) is 16.5. The molecule has 4 rings (SSSR count). The first kappa shape index (κ1) is 24.8.